The zero-order chi connectivity index (χ0) is 27.1. The molecule has 9 nitrogen and oxygen atoms in total. The average molecular weight is 530 g/mol. The second kappa shape index (κ2) is 9.60. The maximum atomic E-state index is 15.0. The number of amides is 1. The molecule has 1 aliphatic rings. The van der Waals surface area contributed by atoms with E-state index in [0.717, 1.165) is 6.07 Å². The summed E-state index contributed by atoms with van der Waals surface area (Å²) in [4.78, 5) is 35.7. The van der Waals surface area contributed by atoms with Crippen molar-refractivity contribution in [3.05, 3.63) is 101 Å². The summed E-state index contributed by atoms with van der Waals surface area (Å²) >= 11 is 0. The van der Waals surface area contributed by atoms with Crippen LogP contribution in [0.2, 0.25) is 0 Å². The number of nitrogens with one attached hydrogen (secondary N) is 2. The van der Waals surface area contributed by atoms with Gasteiger partial charge in [-0.15, -0.1) is 0 Å². The summed E-state index contributed by atoms with van der Waals surface area (Å²) < 4.78 is 41.3. The molecule has 0 saturated heterocycles. The van der Waals surface area contributed by atoms with Gasteiger partial charge >= 0.3 is 0 Å². The van der Waals surface area contributed by atoms with Crippen LogP contribution in [0.25, 0.3) is 16.7 Å². The Morgan fingerprint density at radius 3 is 2.69 bits per heavy atom. The topological polar surface area (TPSA) is 101 Å². The van der Waals surface area contributed by atoms with Crippen LogP contribution < -0.4 is 25.2 Å². The Kier molecular flexibility index (Phi) is 5.95. The maximum Gasteiger partial charge on any atom is 0.269 e. The first-order valence-electron chi connectivity index (χ1n) is 12.0. The molecule has 2 N–H and O–H groups in total. The number of anilines is 2. The Bertz CT molecular complexity index is 1780. The summed E-state index contributed by atoms with van der Waals surface area (Å²) in [7, 11) is 1.79. The monoisotopic (exact) mass is 529 g/mol. The van der Waals surface area contributed by atoms with Gasteiger partial charge in [0.1, 0.15) is 29.4 Å². The zero-order valence-electron chi connectivity index (χ0n) is 20.6. The summed E-state index contributed by atoms with van der Waals surface area (Å²) in [6, 6.07) is 14.0. The second-order valence-corrected chi connectivity index (χ2v) is 8.88. The molecule has 0 bridgehead atoms. The van der Waals surface area contributed by atoms with Crippen LogP contribution in [0.1, 0.15) is 10.4 Å². The lowest BCUT2D eigenvalue weighted by atomic mass is 10.2. The molecule has 6 rings (SSSR count). The Hall–Kier alpha value is -5.19. The number of halogens is 2. The lowest BCUT2D eigenvalue weighted by molar-refractivity contribution is 0.102. The highest BCUT2D eigenvalue weighted by molar-refractivity contribution is 6.04. The number of likely N-dealkylation sites (N-methyl/N-ethyl adjacent to an activating group) is 1. The first-order valence-corrected chi connectivity index (χ1v) is 12.0. The zero-order valence-corrected chi connectivity index (χ0v) is 20.6. The standard InChI is InChI=1S/C28H21F2N5O4/c1-34-12-13-38-24-15-20(28(37)35(27(24)34)18-5-2-16(29)3-6-18)26(36)33-17-4-7-23(21(30)14-17)39-22-9-11-32-25-19(22)8-10-31-25/h2-11,14-15H,12-13H2,1H3,(H,31,32)(H,33,36). The van der Waals surface area contributed by atoms with Gasteiger partial charge in [0.25, 0.3) is 11.5 Å². The van der Waals surface area contributed by atoms with Crippen molar-refractivity contribution in [3.8, 4) is 22.9 Å². The molecule has 4 heterocycles. The van der Waals surface area contributed by atoms with E-state index in [1.165, 1.54) is 47.0 Å². The molecule has 0 fully saturated rings. The molecule has 0 unspecified atom stereocenters. The van der Waals surface area contributed by atoms with E-state index < -0.39 is 23.1 Å². The Balaban J connectivity index is 1.31. The van der Waals surface area contributed by atoms with Gasteiger partial charge in [0, 0.05) is 37.3 Å². The van der Waals surface area contributed by atoms with Crippen molar-refractivity contribution in [1.29, 1.82) is 0 Å². The normalized spacial score (nSPS) is 12.6. The molecule has 11 heteroatoms. The van der Waals surface area contributed by atoms with Crippen LogP contribution in [-0.2, 0) is 0 Å². The van der Waals surface area contributed by atoms with E-state index in [1.54, 1.807) is 31.6 Å². The second-order valence-electron chi connectivity index (χ2n) is 8.88. The lowest BCUT2D eigenvalue weighted by Gasteiger charge is -2.30. The number of hydrogen-bond acceptors (Lipinski definition) is 6. The predicted octanol–water partition coefficient (Wildman–Crippen LogP) is 4.87. The van der Waals surface area contributed by atoms with Crippen LogP contribution in [0.3, 0.4) is 0 Å². The van der Waals surface area contributed by atoms with E-state index in [1.807, 2.05) is 4.90 Å². The van der Waals surface area contributed by atoms with Gasteiger partial charge in [-0.25, -0.2) is 13.8 Å². The summed E-state index contributed by atoms with van der Waals surface area (Å²) in [5, 5.41) is 3.26. The molecule has 5 aromatic rings. The van der Waals surface area contributed by atoms with Gasteiger partial charge < -0.3 is 24.7 Å². The number of fused-ring (bicyclic) bond motifs is 2. The van der Waals surface area contributed by atoms with Gasteiger partial charge in [-0.2, -0.15) is 0 Å². The minimum absolute atomic E-state index is 0.0504. The van der Waals surface area contributed by atoms with E-state index in [-0.39, 0.29) is 17.0 Å². The highest BCUT2D eigenvalue weighted by atomic mass is 19.1. The fraction of sp³-hybridized carbons (Fsp3) is 0.107. The van der Waals surface area contributed by atoms with Crippen molar-refractivity contribution in [2.75, 3.05) is 30.4 Å². The van der Waals surface area contributed by atoms with Crippen LogP contribution in [0.15, 0.2) is 77.9 Å². The minimum atomic E-state index is -0.758. The Morgan fingerprint density at radius 1 is 1.08 bits per heavy atom. The number of pyridine rings is 2. The van der Waals surface area contributed by atoms with Crippen molar-refractivity contribution in [2.45, 2.75) is 0 Å². The molecule has 0 spiro atoms. The minimum Gasteiger partial charge on any atom is -0.488 e. The number of carbonyl (C=O) groups is 1. The van der Waals surface area contributed by atoms with Gasteiger partial charge in [0.2, 0.25) is 0 Å². The number of nitrogens with zero attached hydrogens (tertiary/aromatic N) is 3. The number of H-pyrrole nitrogens is 1. The number of hydrogen-bond donors (Lipinski definition) is 2. The van der Waals surface area contributed by atoms with Crippen molar-refractivity contribution in [3.63, 3.8) is 0 Å². The van der Waals surface area contributed by atoms with Gasteiger partial charge in [-0.1, -0.05) is 0 Å². The molecular formula is C28H21F2N5O4. The number of ether oxygens (including phenoxy) is 2. The summed E-state index contributed by atoms with van der Waals surface area (Å²) in [5.41, 5.74) is 0.229. The SMILES string of the molecule is CN1CCOc2cc(C(=O)Nc3ccc(Oc4ccnc5[nH]ccc45)c(F)c3)c(=O)n(-c3ccc(F)cc3)c21. The van der Waals surface area contributed by atoms with Gasteiger partial charge in [0.15, 0.2) is 23.1 Å². The van der Waals surface area contributed by atoms with Gasteiger partial charge in [0.05, 0.1) is 17.6 Å². The molecule has 39 heavy (non-hydrogen) atoms. The number of benzene rings is 2. The largest absolute Gasteiger partial charge is 0.488 e. The van der Waals surface area contributed by atoms with E-state index >= 15 is 0 Å². The Labute approximate surface area is 220 Å². The van der Waals surface area contributed by atoms with Crippen LogP contribution in [-0.4, -0.2) is 40.6 Å². The first-order chi connectivity index (χ1) is 18.9. The molecule has 3 aromatic heterocycles. The number of rotatable bonds is 5. The third kappa shape index (κ3) is 4.43. The van der Waals surface area contributed by atoms with Crippen molar-refractivity contribution < 1.29 is 23.0 Å². The highest BCUT2D eigenvalue weighted by Crippen LogP contribution is 2.33. The van der Waals surface area contributed by atoms with E-state index in [2.05, 4.69) is 15.3 Å². The van der Waals surface area contributed by atoms with Gasteiger partial charge in [-0.05, 0) is 48.5 Å². The molecule has 0 atom stereocenters. The summed E-state index contributed by atoms with van der Waals surface area (Å²) in [6.07, 6.45) is 3.24. The van der Waals surface area contributed by atoms with Crippen LogP contribution >= 0.6 is 0 Å². The molecule has 0 aliphatic carbocycles. The molecule has 0 radical (unpaired) electrons. The number of aromatic amines is 1. The molecule has 1 amide bonds. The lowest BCUT2D eigenvalue weighted by Crippen LogP contribution is -2.37. The van der Waals surface area contributed by atoms with Crippen LogP contribution in [0.4, 0.5) is 20.3 Å². The van der Waals surface area contributed by atoms with Crippen molar-refractivity contribution >= 4 is 28.4 Å². The number of aromatic nitrogens is 3. The molecular weight excluding hydrogens is 508 g/mol. The fourth-order valence-corrected chi connectivity index (χ4v) is 4.44. The van der Waals surface area contributed by atoms with Gasteiger partial charge in [-0.3, -0.25) is 14.2 Å². The van der Waals surface area contributed by atoms with Crippen molar-refractivity contribution in [2.24, 2.45) is 0 Å². The fourth-order valence-electron chi connectivity index (χ4n) is 4.44. The third-order valence-electron chi connectivity index (χ3n) is 6.35. The van der Waals surface area contributed by atoms with E-state index in [9.17, 15) is 18.4 Å². The first kappa shape index (κ1) is 24.2. The van der Waals surface area contributed by atoms with Crippen LogP contribution in [0.5, 0.6) is 17.2 Å². The summed E-state index contributed by atoms with van der Waals surface area (Å²) in [6.45, 7) is 0.868. The summed E-state index contributed by atoms with van der Waals surface area (Å²) in [5.74, 6) is -0.812. The smallest absolute Gasteiger partial charge is 0.269 e. The van der Waals surface area contributed by atoms with E-state index in [0.29, 0.717) is 47.2 Å². The highest BCUT2D eigenvalue weighted by Gasteiger charge is 2.26. The molecule has 196 valence electrons. The number of carbonyl (C=O) groups excluding carboxylic acids is 1. The molecule has 0 saturated carbocycles. The predicted molar refractivity (Wildman–Crippen MR) is 141 cm³/mol. The average Bonchev–Trinajstić information content (AvgIpc) is 3.41. The quantitative estimate of drug-likeness (QED) is 0.337. The maximum absolute atomic E-state index is 15.0. The van der Waals surface area contributed by atoms with Crippen LogP contribution in [0, 0.1) is 11.6 Å². The Morgan fingerprint density at radius 2 is 1.90 bits per heavy atom. The third-order valence-corrected chi connectivity index (χ3v) is 6.35. The van der Waals surface area contributed by atoms with Crippen molar-refractivity contribution in [1.82, 2.24) is 14.5 Å². The molecule has 1 aliphatic heterocycles. The molecule has 2 aromatic carbocycles. The van der Waals surface area contributed by atoms with E-state index in [4.69, 9.17) is 9.47 Å².